The fraction of sp³-hybridized carbons (Fsp3) is 0.0455. The number of hydrogen-bond acceptors (Lipinski definition) is 4. The van der Waals surface area contributed by atoms with E-state index in [1.807, 2.05) is 30.3 Å². The minimum Gasteiger partial charge on any atom is -0.489 e. The lowest BCUT2D eigenvalue weighted by atomic mass is 10.2. The Morgan fingerprint density at radius 3 is 2.20 bits per heavy atom. The van der Waals surface area contributed by atoms with Gasteiger partial charge in [0.2, 0.25) is 0 Å². The summed E-state index contributed by atoms with van der Waals surface area (Å²) < 4.78 is 19.3. The maximum Gasteiger partial charge on any atom is 0.269 e. The Hall–Kier alpha value is -3.78. The lowest BCUT2D eigenvalue weighted by Gasteiger charge is -2.11. The molecule has 6 nitrogen and oxygen atoms in total. The highest BCUT2D eigenvalue weighted by atomic mass is 32.1. The van der Waals surface area contributed by atoms with Crippen molar-refractivity contribution in [2.45, 2.75) is 6.61 Å². The van der Waals surface area contributed by atoms with Gasteiger partial charge in [-0.2, -0.15) is 0 Å². The third kappa shape index (κ3) is 5.86. The summed E-state index contributed by atoms with van der Waals surface area (Å²) in [6.45, 7) is 0.421. The number of thiocarbonyl (C=S) groups is 1. The second-order valence-electron chi connectivity index (χ2n) is 6.14. The van der Waals surface area contributed by atoms with Crippen LogP contribution in [0.3, 0.4) is 0 Å². The standard InChI is InChI=1S/C22H18FN3O3S/c23-19-9-5-4-8-18(19)21(28)24-22(30)26-25-20(27)16-10-12-17(13-11-16)29-14-15-6-2-1-3-7-15/h1-13H,14H2,(H,25,27)(H2,24,26,28,30). The van der Waals surface area contributed by atoms with Crippen molar-refractivity contribution in [1.82, 2.24) is 16.2 Å². The van der Waals surface area contributed by atoms with Crippen molar-refractivity contribution in [2.75, 3.05) is 0 Å². The summed E-state index contributed by atoms with van der Waals surface area (Å²) in [7, 11) is 0. The minimum absolute atomic E-state index is 0.154. The van der Waals surface area contributed by atoms with Crippen molar-refractivity contribution in [3.05, 3.63) is 101 Å². The lowest BCUT2D eigenvalue weighted by molar-refractivity contribution is 0.0933. The molecule has 8 heteroatoms. The summed E-state index contributed by atoms with van der Waals surface area (Å²) >= 11 is 4.94. The van der Waals surface area contributed by atoms with E-state index in [-0.39, 0.29) is 10.7 Å². The molecule has 3 rings (SSSR count). The second kappa shape index (κ2) is 10.1. The molecule has 0 saturated carbocycles. The van der Waals surface area contributed by atoms with E-state index in [0.29, 0.717) is 17.9 Å². The van der Waals surface area contributed by atoms with Crippen LogP contribution in [0.2, 0.25) is 0 Å². The van der Waals surface area contributed by atoms with Crippen molar-refractivity contribution in [3.63, 3.8) is 0 Å². The molecular weight excluding hydrogens is 405 g/mol. The number of carbonyl (C=O) groups is 2. The van der Waals surface area contributed by atoms with E-state index in [1.165, 1.54) is 24.3 Å². The average molecular weight is 423 g/mol. The van der Waals surface area contributed by atoms with Gasteiger partial charge >= 0.3 is 0 Å². The average Bonchev–Trinajstić information content (AvgIpc) is 2.77. The number of amides is 2. The summed E-state index contributed by atoms with van der Waals surface area (Å²) in [5, 5.41) is 2.12. The van der Waals surface area contributed by atoms with Gasteiger partial charge in [-0.1, -0.05) is 42.5 Å². The van der Waals surface area contributed by atoms with Gasteiger partial charge in [-0.25, -0.2) is 4.39 Å². The molecule has 0 atom stereocenters. The van der Waals surface area contributed by atoms with Crippen LogP contribution in [-0.2, 0) is 6.61 Å². The van der Waals surface area contributed by atoms with E-state index in [4.69, 9.17) is 17.0 Å². The maximum atomic E-state index is 13.6. The molecule has 0 saturated heterocycles. The van der Waals surface area contributed by atoms with Crippen molar-refractivity contribution >= 4 is 29.1 Å². The van der Waals surface area contributed by atoms with Crippen LogP contribution < -0.4 is 20.9 Å². The molecule has 0 bridgehead atoms. The molecule has 0 aliphatic rings. The number of carbonyl (C=O) groups excluding carboxylic acids is 2. The van der Waals surface area contributed by atoms with Gasteiger partial charge in [-0.05, 0) is 54.2 Å². The van der Waals surface area contributed by atoms with Crippen molar-refractivity contribution in [3.8, 4) is 5.75 Å². The normalized spacial score (nSPS) is 10.0. The van der Waals surface area contributed by atoms with Gasteiger partial charge in [-0.15, -0.1) is 0 Å². The molecule has 30 heavy (non-hydrogen) atoms. The van der Waals surface area contributed by atoms with Gasteiger partial charge in [0.25, 0.3) is 11.8 Å². The van der Waals surface area contributed by atoms with Crippen LogP contribution >= 0.6 is 12.2 Å². The van der Waals surface area contributed by atoms with Gasteiger partial charge < -0.3 is 4.74 Å². The Morgan fingerprint density at radius 2 is 1.50 bits per heavy atom. The van der Waals surface area contributed by atoms with Crippen LogP contribution in [0.4, 0.5) is 4.39 Å². The zero-order valence-corrected chi connectivity index (χ0v) is 16.5. The number of halogens is 1. The van der Waals surface area contributed by atoms with Crippen molar-refractivity contribution in [2.24, 2.45) is 0 Å². The smallest absolute Gasteiger partial charge is 0.269 e. The van der Waals surface area contributed by atoms with Crippen LogP contribution in [0, 0.1) is 5.82 Å². The molecule has 0 aliphatic heterocycles. The highest BCUT2D eigenvalue weighted by molar-refractivity contribution is 7.80. The predicted molar refractivity (Wildman–Crippen MR) is 114 cm³/mol. The third-order valence-corrected chi connectivity index (χ3v) is 4.20. The molecule has 0 spiro atoms. The molecule has 0 heterocycles. The molecule has 0 aromatic heterocycles. The van der Waals surface area contributed by atoms with Crippen LogP contribution in [0.25, 0.3) is 0 Å². The molecule has 0 fully saturated rings. The number of benzene rings is 3. The zero-order chi connectivity index (χ0) is 21.3. The Morgan fingerprint density at radius 1 is 0.833 bits per heavy atom. The van der Waals surface area contributed by atoms with E-state index < -0.39 is 17.6 Å². The number of nitrogens with one attached hydrogen (secondary N) is 3. The molecular formula is C22H18FN3O3S. The van der Waals surface area contributed by atoms with Gasteiger partial charge in [0, 0.05) is 5.56 Å². The van der Waals surface area contributed by atoms with Gasteiger partial charge in [-0.3, -0.25) is 25.8 Å². The quantitative estimate of drug-likeness (QED) is 0.433. The minimum atomic E-state index is -0.722. The van der Waals surface area contributed by atoms with Crippen LogP contribution in [0.15, 0.2) is 78.9 Å². The SMILES string of the molecule is O=C(NNC(=S)NC(=O)c1ccccc1F)c1ccc(OCc2ccccc2)cc1. The largest absolute Gasteiger partial charge is 0.489 e. The highest BCUT2D eigenvalue weighted by Crippen LogP contribution is 2.14. The Labute approximate surface area is 178 Å². The lowest BCUT2D eigenvalue weighted by Crippen LogP contribution is -2.48. The third-order valence-electron chi connectivity index (χ3n) is 4.00. The highest BCUT2D eigenvalue weighted by Gasteiger charge is 2.13. The number of rotatable bonds is 5. The topological polar surface area (TPSA) is 79.5 Å². The molecule has 3 N–H and O–H groups in total. The monoisotopic (exact) mass is 423 g/mol. The van der Waals surface area contributed by atoms with E-state index in [0.717, 1.165) is 5.56 Å². The molecule has 3 aromatic carbocycles. The molecule has 3 aromatic rings. The zero-order valence-electron chi connectivity index (χ0n) is 15.7. The molecule has 0 radical (unpaired) electrons. The second-order valence-corrected chi connectivity index (χ2v) is 6.55. The van der Waals surface area contributed by atoms with Crippen molar-refractivity contribution < 1.29 is 18.7 Å². The first kappa shape index (κ1) is 20.9. The Balaban J connectivity index is 1.46. The predicted octanol–water partition coefficient (Wildman–Crippen LogP) is 3.35. The number of ether oxygens (including phenoxy) is 1. The Bertz CT molecular complexity index is 1040. The summed E-state index contributed by atoms with van der Waals surface area (Å²) in [6, 6.07) is 21.8. The van der Waals surface area contributed by atoms with E-state index in [9.17, 15) is 14.0 Å². The molecule has 152 valence electrons. The summed E-state index contributed by atoms with van der Waals surface area (Å²) in [5.41, 5.74) is 6.02. The number of hydrogen-bond donors (Lipinski definition) is 3. The summed E-state index contributed by atoms with van der Waals surface area (Å²) in [5.74, 6) is -1.24. The Kier molecular flexibility index (Phi) is 7.07. The van der Waals surface area contributed by atoms with Crippen LogP contribution in [0.1, 0.15) is 26.3 Å². The van der Waals surface area contributed by atoms with Crippen molar-refractivity contribution in [1.29, 1.82) is 0 Å². The number of hydrazine groups is 1. The van der Waals surface area contributed by atoms with Crippen LogP contribution in [0.5, 0.6) is 5.75 Å². The molecule has 0 unspecified atom stereocenters. The van der Waals surface area contributed by atoms with Gasteiger partial charge in [0.1, 0.15) is 18.2 Å². The molecule has 0 aliphatic carbocycles. The first-order chi connectivity index (χ1) is 14.5. The van der Waals surface area contributed by atoms with Gasteiger partial charge in [0.15, 0.2) is 5.11 Å². The molecule has 2 amide bonds. The van der Waals surface area contributed by atoms with Gasteiger partial charge in [0.05, 0.1) is 5.56 Å². The van der Waals surface area contributed by atoms with Crippen LogP contribution in [-0.4, -0.2) is 16.9 Å². The first-order valence-electron chi connectivity index (χ1n) is 8.96. The maximum absolute atomic E-state index is 13.6. The summed E-state index contributed by atoms with van der Waals surface area (Å²) in [4.78, 5) is 24.2. The fourth-order valence-electron chi connectivity index (χ4n) is 2.48. The summed E-state index contributed by atoms with van der Waals surface area (Å²) in [6.07, 6.45) is 0. The first-order valence-corrected chi connectivity index (χ1v) is 9.37. The van der Waals surface area contributed by atoms with E-state index in [2.05, 4.69) is 16.2 Å². The van der Waals surface area contributed by atoms with E-state index >= 15 is 0 Å². The van der Waals surface area contributed by atoms with E-state index in [1.54, 1.807) is 24.3 Å². The fourth-order valence-corrected chi connectivity index (χ4v) is 2.62.